The number of rotatable bonds is 7. The predicted molar refractivity (Wildman–Crippen MR) is 122 cm³/mol. The highest BCUT2D eigenvalue weighted by Gasteiger charge is 2.27. The van der Waals surface area contributed by atoms with E-state index in [1.165, 1.54) is 25.1 Å². The van der Waals surface area contributed by atoms with Gasteiger partial charge in [0.1, 0.15) is 34.7 Å². The Morgan fingerprint density at radius 3 is 2.65 bits per heavy atom. The second-order valence-corrected chi connectivity index (χ2v) is 7.85. The first-order valence-electron chi connectivity index (χ1n) is 10.3. The summed E-state index contributed by atoms with van der Waals surface area (Å²) in [5.41, 5.74) is 0.517. The molecular formula is C24H20ClFN4O4. The zero-order valence-corrected chi connectivity index (χ0v) is 19.0. The Kier molecular flexibility index (Phi) is 6.74. The molecule has 0 saturated carbocycles. The third kappa shape index (κ3) is 4.69. The largest absolute Gasteiger partial charge is 0.452 e. The molecule has 34 heavy (non-hydrogen) atoms. The van der Waals surface area contributed by atoms with Gasteiger partial charge >= 0.3 is 5.97 Å². The molecule has 0 aliphatic heterocycles. The zero-order chi connectivity index (χ0) is 24.2. The molecule has 0 aliphatic rings. The first-order valence-corrected chi connectivity index (χ1v) is 10.6. The van der Waals surface area contributed by atoms with Crippen LogP contribution in [0.1, 0.15) is 33.5 Å². The van der Waals surface area contributed by atoms with Gasteiger partial charge in [-0.25, -0.2) is 14.2 Å². The number of hydrogen-bond donors (Lipinski definition) is 1. The molecular weight excluding hydrogens is 463 g/mol. The minimum Gasteiger partial charge on any atom is -0.452 e. The molecule has 1 unspecified atom stereocenters. The number of ether oxygens (including phenoxy) is 1. The molecule has 4 rings (SSSR count). The Hall–Kier alpha value is -3.98. The number of carbonyl (C=O) groups is 2. The maximum atomic E-state index is 14.4. The third-order valence-electron chi connectivity index (χ3n) is 5.16. The minimum absolute atomic E-state index is 0.0564. The average Bonchev–Trinajstić information content (AvgIpc) is 3.42. The number of aryl methyl sites for hydroxylation is 2. The van der Waals surface area contributed by atoms with E-state index >= 15 is 0 Å². The van der Waals surface area contributed by atoms with E-state index in [0.29, 0.717) is 5.82 Å². The van der Waals surface area contributed by atoms with Crippen LogP contribution in [0, 0.1) is 12.7 Å². The number of halogens is 2. The molecule has 4 aromatic rings. The quantitative estimate of drug-likeness (QED) is 0.395. The lowest BCUT2D eigenvalue weighted by Gasteiger charge is -2.19. The number of carbonyl (C=O) groups excluding carboxylic acids is 2. The van der Waals surface area contributed by atoms with Crippen LogP contribution in [0.5, 0.6) is 0 Å². The Labute approximate surface area is 199 Å². The predicted octanol–water partition coefficient (Wildman–Crippen LogP) is 4.24. The van der Waals surface area contributed by atoms with Gasteiger partial charge in [0.25, 0.3) is 5.91 Å². The monoisotopic (exact) mass is 482 g/mol. The summed E-state index contributed by atoms with van der Waals surface area (Å²) in [6, 6.07) is 12.8. The summed E-state index contributed by atoms with van der Waals surface area (Å²) in [6.07, 6.45) is 3.39. The molecule has 0 radical (unpaired) electrons. The molecule has 1 amide bonds. The molecule has 0 fully saturated rings. The SMILES string of the molecule is Cc1onc(-c2c(F)cccc2Cl)c1C(=O)OCC(=O)NC(c1ccccc1)c1nccn1C. The molecule has 0 saturated heterocycles. The third-order valence-corrected chi connectivity index (χ3v) is 5.47. The zero-order valence-electron chi connectivity index (χ0n) is 18.3. The van der Waals surface area contributed by atoms with Crippen molar-refractivity contribution < 1.29 is 23.2 Å². The lowest BCUT2D eigenvalue weighted by molar-refractivity contribution is -0.124. The van der Waals surface area contributed by atoms with Crippen LogP contribution in [0.2, 0.25) is 5.02 Å². The fourth-order valence-electron chi connectivity index (χ4n) is 3.51. The van der Waals surface area contributed by atoms with Crippen LogP contribution in [0.15, 0.2) is 65.4 Å². The first-order chi connectivity index (χ1) is 16.4. The van der Waals surface area contributed by atoms with Crippen molar-refractivity contribution in [2.24, 2.45) is 7.05 Å². The summed E-state index contributed by atoms with van der Waals surface area (Å²) in [4.78, 5) is 29.8. The van der Waals surface area contributed by atoms with Gasteiger partial charge in [0, 0.05) is 19.4 Å². The standard InChI is InChI=1S/C24H20ClFN4O4/c1-14-19(22(29-34-14)20-16(25)9-6-10-17(20)26)24(32)33-13-18(31)28-21(15-7-4-3-5-8-15)23-27-11-12-30(23)2/h3-12,21H,13H2,1-2H3,(H,28,31). The highest BCUT2D eigenvalue weighted by atomic mass is 35.5. The van der Waals surface area contributed by atoms with Crippen molar-refractivity contribution in [2.45, 2.75) is 13.0 Å². The maximum Gasteiger partial charge on any atom is 0.344 e. The maximum absolute atomic E-state index is 14.4. The average molecular weight is 483 g/mol. The van der Waals surface area contributed by atoms with Gasteiger partial charge in [-0.15, -0.1) is 0 Å². The summed E-state index contributed by atoms with van der Waals surface area (Å²) < 4.78 is 26.5. The van der Waals surface area contributed by atoms with E-state index in [2.05, 4.69) is 15.5 Å². The van der Waals surface area contributed by atoms with Crippen molar-refractivity contribution in [3.63, 3.8) is 0 Å². The normalized spacial score (nSPS) is 11.8. The van der Waals surface area contributed by atoms with Gasteiger partial charge in [-0.3, -0.25) is 4.79 Å². The smallest absolute Gasteiger partial charge is 0.344 e. The molecule has 174 valence electrons. The molecule has 1 atom stereocenters. The van der Waals surface area contributed by atoms with Crippen molar-refractivity contribution >= 4 is 23.5 Å². The van der Waals surface area contributed by atoms with Gasteiger partial charge in [-0.2, -0.15) is 0 Å². The number of benzene rings is 2. The van der Waals surface area contributed by atoms with Crippen molar-refractivity contribution in [1.82, 2.24) is 20.0 Å². The summed E-state index contributed by atoms with van der Waals surface area (Å²) in [7, 11) is 1.81. The van der Waals surface area contributed by atoms with E-state index in [9.17, 15) is 14.0 Å². The summed E-state index contributed by atoms with van der Waals surface area (Å²) in [5.74, 6) is -1.40. The van der Waals surface area contributed by atoms with Crippen LogP contribution in [-0.2, 0) is 16.6 Å². The number of imidazole rings is 1. The van der Waals surface area contributed by atoms with E-state index in [1.807, 2.05) is 37.4 Å². The van der Waals surface area contributed by atoms with Crippen molar-refractivity contribution in [3.8, 4) is 11.3 Å². The van der Waals surface area contributed by atoms with Crippen LogP contribution in [0.3, 0.4) is 0 Å². The van der Waals surface area contributed by atoms with Gasteiger partial charge in [0.15, 0.2) is 6.61 Å². The number of aromatic nitrogens is 3. The van der Waals surface area contributed by atoms with Gasteiger partial charge in [0.2, 0.25) is 0 Å². The number of esters is 1. The van der Waals surface area contributed by atoms with E-state index in [4.69, 9.17) is 20.9 Å². The molecule has 10 heteroatoms. The number of nitrogens with one attached hydrogen (secondary N) is 1. The first kappa shape index (κ1) is 23.2. The van der Waals surface area contributed by atoms with Crippen LogP contribution in [0.25, 0.3) is 11.3 Å². The Morgan fingerprint density at radius 2 is 1.97 bits per heavy atom. The van der Waals surface area contributed by atoms with Crippen molar-refractivity contribution in [1.29, 1.82) is 0 Å². The van der Waals surface area contributed by atoms with Gasteiger partial charge in [-0.1, -0.05) is 53.2 Å². The molecule has 2 aromatic carbocycles. The van der Waals surface area contributed by atoms with Crippen molar-refractivity contribution in [2.75, 3.05) is 6.61 Å². The van der Waals surface area contributed by atoms with Crippen molar-refractivity contribution in [3.05, 3.63) is 94.5 Å². The fourth-order valence-corrected chi connectivity index (χ4v) is 3.76. The fraction of sp³-hybridized carbons (Fsp3) is 0.167. The lowest BCUT2D eigenvalue weighted by Crippen LogP contribution is -2.34. The highest BCUT2D eigenvalue weighted by molar-refractivity contribution is 6.33. The summed E-state index contributed by atoms with van der Waals surface area (Å²) >= 11 is 6.11. The Morgan fingerprint density at radius 1 is 1.21 bits per heavy atom. The van der Waals surface area contributed by atoms with Crippen LogP contribution in [-0.4, -0.2) is 33.2 Å². The molecule has 0 bridgehead atoms. The second kappa shape index (κ2) is 9.88. The number of nitrogens with zero attached hydrogens (tertiary/aromatic N) is 3. The van der Waals surface area contributed by atoms with Gasteiger partial charge in [-0.05, 0) is 24.6 Å². The number of hydrogen-bond acceptors (Lipinski definition) is 6. The van der Waals surface area contributed by atoms with E-state index in [0.717, 1.165) is 5.56 Å². The molecule has 2 aromatic heterocycles. The topological polar surface area (TPSA) is 99.2 Å². The molecule has 0 aliphatic carbocycles. The van der Waals surface area contributed by atoms with Gasteiger partial charge < -0.3 is 19.1 Å². The number of amides is 1. The van der Waals surface area contributed by atoms with E-state index in [1.54, 1.807) is 17.0 Å². The lowest BCUT2D eigenvalue weighted by atomic mass is 10.1. The van der Waals surface area contributed by atoms with Gasteiger partial charge in [0.05, 0.1) is 10.6 Å². The molecule has 1 N–H and O–H groups in total. The minimum atomic E-state index is -0.892. The van der Waals surface area contributed by atoms with E-state index in [-0.39, 0.29) is 27.6 Å². The van der Waals surface area contributed by atoms with Crippen LogP contribution >= 0.6 is 11.6 Å². The summed E-state index contributed by atoms with van der Waals surface area (Å²) in [6.45, 7) is 0.899. The van der Waals surface area contributed by atoms with E-state index < -0.39 is 30.3 Å². The highest BCUT2D eigenvalue weighted by Crippen LogP contribution is 2.33. The Bertz CT molecular complexity index is 1320. The van der Waals surface area contributed by atoms with Crippen LogP contribution in [0.4, 0.5) is 4.39 Å². The van der Waals surface area contributed by atoms with Crippen LogP contribution < -0.4 is 5.32 Å². The summed E-state index contributed by atoms with van der Waals surface area (Å²) in [5, 5.41) is 6.67. The molecule has 0 spiro atoms. The second-order valence-electron chi connectivity index (χ2n) is 7.44. The Balaban J connectivity index is 1.51. The molecule has 8 nitrogen and oxygen atoms in total. The molecule has 2 heterocycles.